The number of carbonyl (C=O) groups is 4. The molecule has 2 aromatic rings. The number of nitrogens with two attached hydrogens (primary N) is 1. The summed E-state index contributed by atoms with van der Waals surface area (Å²) in [5.74, 6) is -0.182. The van der Waals surface area contributed by atoms with Gasteiger partial charge >= 0.3 is 0 Å². The molecule has 0 spiro atoms. The van der Waals surface area contributed by atoms with Gasteiger partial charge in [0.2, 0.25) is 11.8 Å². The molecule has 1 aliphatic heterocycles. The van der Waals surface area contributed by atoms with Gasteiger partial charge in [0.25, 0.3) is 15.6 Å². The highest BCUT2D eigenvalue weighted by atomic mass is 32.2. The highest BCUT2D eigenvalue weighted by molar-refractivity contribution is 8.13. The molecule has 68 heavy (non-hydrogen) atoms. The van der Waals surface area contributed by atoms with E-state index in [1.807, 2.05) is 0 Å². The van der Waals surface area contributed by atoms with Gasteiger partial charge in [-0.25, -0.2) is 19.3 Å². The molecule has 3 heterocycles. The Morgan fingerprint density at radius 1 is 1.01 bits per heavy atom. The summed E-state index contributed by atoms with van der Waals surface area (Å²) in [5.41, 5.74) is 4.07. The van der Waals surface area contributed by atoms with Gasteiger partial charge in [0, 0.05) is 49.4 Å². The van der Waals surface area contributed by atoms with E-state index in [1.54, 1.807) is 0 Å². The second-order valence-corrected chi connectivity index (χ2v) is 22.2. The first-order valence-electron chi connectivity index (χ1n) is 22.1. The zero-order valence-corrected chi connectivity index (χ0v) is 41.4. The number of nitrogens with zero attached hydrogens (tertiary/aromatic N) is 4. The summed E-state index contributed by atoms with van der Waals surface area (Å²) >= 11 is 1.11. The van der Waals surface area contributed by atoms with E-state index in [2.05, 4.69) is 62.5 Å². The molecule has 0 bridgehead atoms. The summed E-state index contributed by atoms with van der Waals surface area (Å²) < 4.78 is 60.8. The minimum Gasteiger partial charge on any atom is -0.790 e. The lowest BCUT2D eigenvalue weighted by atomic mass is 9.87. The molecule has 6 N–H and O–H groups in total. The molecule has 2 amide bonds. The molecule has 0 aromatic carbocycles. The molecule has 9 atom stereocenters. The van der Waals surface area contributed by atoms with E-state index in [9.17, 15) is 62.7 Å². The maximum Gasteiger partial charge on any atom is 0.274 e. The number of phosphoric acid groups is 3. The van der Waals surface area contributed by atoms with Gasteiger partial charge in [-0.1, -0.05) is 70.4 Å². The quantitative estimate of drug-likeness (QED) is 0.0411. The fraction of sp³-hybridized carbons (Fsp3) is 0.718. The highest BCUT2D eigenvalue weighted by Crippen LogP contribution is 2.56. The number of nitrogens with one attached hydrogen (secondary N) is 2. The molecule has 4 rings (SSSR count). The van der Waals surface area contributed by atoms with Crippen molar-refractivity contribution >= 4 is 74.9 Å². The summed E-state index contributed by atoms with van der Waals surface area (Å²) in [6.45, 7) is 2.19. The number of amides is 2. The molecule has 2 fully saturated rings. The molecule has 1 saturated heterocycles. The number of rotatable bonds is 30. The highest BCUT2D eigenvalue weighted by Gasteiger charge is 2.47. The number of anilines is 1. The van der Waals surface area contributed by atoms with E-state index >= 15 is 0 Å². The van der Waals surface area contributed by atoms with Gasteiger partial charge in [-0.05, 0) is 38.0 Å². The van der Waals surface area contributed by atoms with Gasteiger partial charge in [0.15, 0.2) is 22.8 Å². The number of carbonyl (C=O) groups excluding carboxylic acids is 4. The second-order valence-electron chi connectivity index (χ2n) is 17.0. The van der Waals surface area contributed by atoms with Crippen molar-refractivity contribution in [3.63, 3.8) is 0 Å². The Morgan fingerprint density at radius 2 is 1.72 bits per heavy atom. The standard InChI is InChI=1S/C39H64N7O18P3S/c1-4-5-9-13-26-25(15-16-27(26)47)12-10-7-6-8-11-14-30(49)68-20-19-41-29(48)17-18-42-37(52)34(51)39(2,3)22-61-67(58,59)64-66(56,57)60-21-28-33(63-65(53,54)55)32(50)38(62-28)46-24-45-31-35(40)43-23-44-36(31)46/h5,9,23-26,28,32-34,38,50-51H,4,6-8,10-22H2,1-3H3,(H,41,48)(H,42,52)(H,56,57)(H,58,59)(H2,40,43,44)(H2,53,54,55)/p-4/b9-5-/t25-,26-,28+,32?,33-,34-,38+/m0/s1. The van der Waals surface area contributed by atoms with Crippen LogP contribution in [0.15, 0.2) is 24.8 Å². The van der Waals surface area contributed by atoms with Crippen molar-refractivity contribution in [1.82, 2.24) is 30.2 Å². The Labute approximate surface area is 397 Å². The van der Waals surface area contributed by atoms with Crippen molar-refractivity contribution in [3.05, 3.63) is 24.8 Å². The molecule has 1 saturated carbocycles. The number of hydrogen-bond donors (Lipinski definition) is 5. The number of imidazole rings is 1. The number of thioether (sulfide) groups is 1. The first kappa shape index (κ1) is 57.5. The number of Topliss-reactive ketones (excluding diaryl/α,β-unsaturated/α-hetero) is 1. The summed E-state index contributed by atoms with van der Waals surface area (Å²) in [6.07, 6.45) is 6.46. The molecule has 29 heteroatoms. The lowest BCUT2D eigenvalue weighted by Crippen LogP contribution is -2.46. The Hall–Kier alpha value is -3.03. The monoisotopic (exact) mass is 1040 g/mol. The Morgan fingerprint density at radius 3 is 2.44 bits per heavy atom. The van der Waals surface area contributed by atoms with Crippen LogP contribution in [0, 0.1) is 17.3 Å². The minimum atomic E-state index is -5.93. The van der Waals surface area contributed by atoms with E-state index in [1.165, 1.54) is 13.8 Å². The maximum absolute atomic E-state index is 12.7. The van der Waals surface area contributed by atoms with Crippen LogP contribution in [0.4, 0.5) is 5.82 Å². The van der Waals surface area contributed by atoms with Gasteiger partial charge in [-0.2, -0.15) is 0 Å². The van der Waals surface area contributed by atoms with Crippen LogP contribution in [0.3, 0.4) is 0 Å². The number of fused-ring (bicyclic) bond motifs is 1. The molecule has 0 radical (unpaired) electrons. The average Bonchev–Trinajstić information content (AvgIpc) is 3.94. The van der Waals surface area contributed by atoms with E-state index in [-0.39, 0.29) is 47.5 Å². The second kappa shape index (κ2) is 26.4. The third kappa shape index (κ3) is 18.3. The third-order valence-electron chi connectivity index (χ3n) is 11.2. The third-order valence-corrected chi connectivity index (χ3v) is 15.2. The van der Waals surface area contributed by atoms with Crippen molar-refractivity contribution < 1.29 is 85.3 Å². The molecule has 25 nitrogen and oxygen atoms in total. The predicted octanol–water partition coefficient (Wildman–Crippen LogP) is 0.819. The number of aliphatic hydroxyl groups excluding tert-OH is 2. The number of ketones is 1. The lowest BCUT2D eigenvalue weighted by molar-refractivity contribution is -0.347. The molecule has 2 aromatic heterocycles. The van der Waals surface area contributed by atoms with Gasteiger partial charge in [-0.3, -0.25) is 32.9 Å². The number of unbranched alkanes of at least 4 members (excludes halogenated alkanes) is 4. The number of phosphoric ester groups is 3. The Kier molecular flexibility index (Phi) is 22.4. The topological polar surface area (TPSA) is 392 Å². The summed E-state index contributed by atoms with van der Waals surface area (Å²) in [5, 5.41) is 26.4. The fourth-order valence-corrected chi connectivity index (χ4v) is 11.1. The van der Waals surface area contributed by atoms with E-state index in [4.69, 9.17) is 10.5 Å². The van der Waals surface area contributed by atoms with E-state index < -0.39 is 84.6 Å². The smallest absolute Gasteiger partial charge is 0.274 e. The SMILES string of the molecule is CC/C=C\C[C@@H]1C(=O)CC[C@@H]1CCCCCCCC(=O)SCCNC(=O)CCNC(=O)[C@H](O)C(C)(C)COP(=O)([O-])OP(=O)([O-])OC[C@H]1O[C@@H](n2cnc3c(N)ncnc32)C(O)[C@H]1OP(=O)([O-])[O-]. The Balaban J connectivity index is 1.09. The van der Waals surface area contributed by atoms with E-state index in [0.717, 1.165) is 86.8 Å². The number of allylic oxidation sites excluding steroid dienone is 2. The summed E-state index contributed by atoms with van der Waals surface area (Å²) in [6, 6.07) is 0. The van der Waals surface area contributed by atoms with Crippen LogP contribution >= 0.6 is 35.2 Å². The van der Waals surface area contributed by atoms with Crippen molar-refractivity contribution in [3.8, 4) is 0 Å². The van der Waals surface area contributed by atoms with Crippen molar-refractivity contribution in [2.45, 2.75) is 128 Å². The molecule has 2 aliphatic rings. The van der Waals surface area contributed by atoms with Crippen LogP contribution in [-0.2, 0) is 55.5 Å². The normalized spacial score (nSPS) is 23.5. The lowest BCUT2D eigenvalue weighted by Gasteiger charge is -2.36. The zero-order valence-electron chi connectivity index (χ0n) is 37.9. The van der Waals surface area contributed by atoms with Crippen LogP contribution < -0.4 is 35.9 Å². The zero-order chi connectivity index (χ0) is 50.3. The van der Waals surface area contributed by atoms with E-state index in [0.29, 0.717) is 30.3 Å². The molecule has 384 valence electrons. The molecule has 1 aliphatic carbocycles. The number of hydrogen-bond acceptors (Lipinski definition) is 23. The van der Waals surface area contributed by atoms with Gasteiger partial charge in [0.1, 0.15) is 42.0 Å². The van der Waals surface area contributed by atoms with Gasteiger partial charge in [0.05, 0.1) is 27.4 Å². The van der Waals surface area contributed by atoms with Gasteiger partial charge < -0.3 is 69.0 Å². The largest absolute Gasteiger partial charge is 0.790 e. The van der Waals surface area contributed by atoms with Gasteiger partial charge in [-0.15, -0.1) is 0 Å². The fourth-order valence-electron chi connectivity index (χ4n) is 7.61. The average molecular weight is 1040 g/mol. The van der Waals surface area contributed by atoms with Crippen LogP contribution in [-0.4, -0.2) is 109 Å². The van der Waals surface area contributed by atoms with Crippen LogP contribution in [0.1, 0.15) is 104 Å². The number of nitrogen functional groups attached to an aromatic ring is 1. The predicted molar refractivity (Wildman–Crippen MR) is 236 cm³/mol. The molecular formula is C39H60N7O18P3S-4. The number of aromatic nitrogens is 4. The van der Waals surface area contributed by atoms with Crippen LogP contribution in [0.2, 0.25) is 0 Å². The van der Waals surface area contributed by atoms with Crippen LogP contribution in [0.25, 0.3) is 11.2 Å². The van der Waals surface area contributed by atoms with Crippen LogP contribution in [0.5, 0.6) is 0 Å². The van der Waals surface area contributed by atoms with Crippen molar-refractivity contribution in [2.24, 2.45) is 17.3 Å². The van der Waals surface area contributed by atoms with Crippen molar-refractivity contribution in [2.75, 3.05) is 37.8 Å². The summed E-state index contributed by atoms with van der Waals surface area (Å²) in [7, 11) is -17.6. The Bertz CT molecular complexity index is 2200. The summed E-state index contributed by atoms with van der Waals surface area (Å²) in [4.78, 5) is 109. The number of aliphatic hydroxyl groups is 2. The molecular weight excluding hydrogens is 979 g/mol. The first-order valence-corrected chi connectivity index (χ1v) is 27.5. The first-order chi connectivity index (χ1) is 31.9. The molecule has 3 unspecified atom stereocenters. The number of ether oxygens (including phenoxy) is 1. The minimum absolute atomic E-state index is 0.0207. The van der Waals surface area contributed by atoms with Crippen molar-refractivity contribution in [1.29, 1.82) is 0 Å². The maximum atomic E-state index is 12.7.